The number of allylic oxidation sites excluding steroid dienone is 22. The summed E-state index contributed by atoms with van der Waals surface area (Å²) >= 11 is 0. The lowest BCUT2D eigenvalue weighted by atomic mass is 10.1. The third kappa shape index (κ3) is 53.5. The Morgan fingerprint density at radius 2 is 0.821 bits per heavy atom. The molecule has 0 aromatic rings. The third-order valence-electron chi connectivity index (χ3n) is 10.2. The van der Waals surface area contributed by atoms with Crippen LogP contribution in [0.1, 0.15) is 168 Å². The van der Waals surface area contributed by atoms with Gasteiger partial charge >= 0.3 is 13.8 Å². The Balaban J connectivity index is 4.29. The summed E-state index contributed by atoms with van der Waals surface area (Å²) in [5.41, 5.74) is 0. The summed E-state index contributed by atoms with van der Waals surface area (Å²) in [4.78, 5) is 23.0. The quantitative estimate of drug-likeness (QED) is 0.0214. The summed E-state index contributed by atoms with van der Waals surface area (Å²) in [6, 6.07) is 0. The van der Waals surface area contributed by atoms with Crippen LogP contribution in [-0.2, 0) is 27.9 Å². The largest absolute Gasteiger partial charge is 0.472 e. The van der Waals surface area contributed by atoms with E-state index < -0.39 is 13.9 Å². The molecule has 0 aliphatic heterocycles. The van der Waals surface area contributed by atoms with Crippen LogP contribution < -0.4 is 0 Å². The van der Waals surface area contributed by atoms with E-state index in [1.807, 2.05) is 21.1 Å². The molecule has 0 rings (SSSR count). The van der Waals surface area contributed by atoms with Crippen molar-refractivity contribution >= 4 is 13.8 Å². The van der Waals surface area contributed by atoms with E-state index in [1.54, 1.807) is 0 Å². The highest BCUT2D eigenvalue weighted by atomic mass is 31.2. The van der Waals surface area contributed by atoms with Gasteiger partial charge in [0.15, 0.2) is 0 Å². The van der Waals surface area contributed by atoms with Crippen LogP contribution in [0.2, 0.25) is 0 Å². The topological polar surface area (TPSA) is 91.3 Å². The van der Waals surface area contributed by atoms with Gasteiger partial charge in [-0.2, -0.15) is 0 Å². The minimum Gasteiger partial charge on any atom is -0.457 e. The van der Waals surface area contributed by atoms with Crippen LogP contribution in [-0.4, -0.2) is 75.6 Å². The second kappa shape index (κ2) is 49.1. The molecule has 0 aliphatic rings. The molecule has 0 radical (unpaired) electrons. The Morgan fingerprint density at radius 3 is 1.22 bits per heavy atom. The zero-order valence-electron chi connectivity index (χ0n) is 43.1. The maximum atomic E-state index is 12.8. The molecule has 9 heteroatoms. The fourth-order valence-corrected chi connectivity index (χ4v) is 7.03. The SMILES string of the molecule is CC/C=C\C/C=C\C/C=C\C/C=C\C/C=C\C/C=C\CCCCCCC(=O)OC(COCCCCCCCC/C=C\C/C=C\C/C=C\C/C=C\C/C=C\CC)COP(=O)(O)OCC[N+](C)(C)C. The number of hydrogen-bond donors (Lipinski definition) is 1. The van der Waals surface area contributed by atoms with Crippen molar-refractivity contribution in [1.82, 2.24) is 0 Å². The molecule has 0 amide bonds. The van der Waals surface area contributed by atoms with Crippen LogP contribution in [0.3, 0.4) is 0 Å². The molecule has 1 N–H and O–H groups in total. The molecule has 380 valence electrons. The number of carbonyl (C=O) groups is 1. The van der Waals surface area contributed by atoms with Crippen LogP contribution >= 0.6 is 7.82 Å². The van der Waals surface area contributed by atoms with Crippen molar-refractivity contribution in [2.45, 2.75) is 174 Å². The predicted octanol–water partition coefficient (Wildman–Crippen LogP) is 16.3. The van der Waals surface area contributed by atoms with Crippen molar-refractivity contribution < 1.29 is 37.3 Å². The minimum absolute atomic E-state index is 0.0711. The first-order valence-electron chi connectivity index (χ1n) is 25.9. The standard InChI is InChI=1S/C58H96NO7P/c1-6-8-10-12-14-16-18-20-22-24-26-28-30-31-33-35-37-39-41-43-45-47-49-51-58(60)66-57(56-65-67(61,62)64-54-52-59(3,4)5)55-63-53-50-48-46-44-42-40-38-36-34-32-29-27-25-23-21-19-17-15-13-11-9-7-2/h8-11,14-17,20-23,26-29,31,33-34,36-37,39,57H,6-7,12-13,18-19,24-25,30,32,35,38,40-56H2,1-5H3/p+1/b10-8-,11-9-,16-14-,17-15-,22-20-,23-21-,28-26-,29-27-,33-31-,36-34-,39-37-. The number of unbranched alkanes of at least 4 members (excludes halogenated alkanes) is 10. The molecule has 8 nitrogen and oxygen atoms in total. The Hall–Kier alpha value is -3.36. The van der Waals surface area contributed by atoms with E-state index in [4.69, 9.17) is 18.5 Å². The van der Waals surface area contributed by atoms with E-state index in [-0.39, 0.29) is 32.2 Å². The van der Waals surface area contributed by atoms with Crippen molar-refractivity contribution in [1.29, 1.82) is 0 Å². The summed E-state index contributed by atoms with van der Waals surface area (Å²) in [6.45, 7) is 5.29. The summed E-state index contributed by atoms with van der Waals surface area (Å²) < 4.78 is 35.1. The lowest BCUT2D eigenvalue weighted by Crippen LogP contribution is -2.37. The summed E-state index contributed by atoms with van der Waals surface area (Å²) in [6.07, 6.45) is 72.1. The van der Waals surface area contributed by atoms with E-state index in [0.717, 1.165) is 128 Å². The second-order valence-corrected chi connectivity index (χ2v) is 19.2. The van der Waals surface area contributed by atoms with Gasteiger partial charge in [-0.15, -0.1) is 0 Å². The molecule has 0 saturated heterocycles. The number of nitrogens with zero attached hydrogens (tertiary/aromatic N) is 1. The van der Waals surface area contributed by atoms with E-state index in [2.05, 4.69) is 148 Å². The molecule has 0 spiro atoms. The molecule has 67 heavy (non-hydrogen) atoms. The summed E-state index contributed by atoms with van der Waals surface area (Å²) in [5, 5.41) is 0. The normalized spacial score (nSPS) is 14.7. The highest BCUT2D eigenvalue weighted by Crippen LogP contribution is 2.43. The van der Waals surface area contributed by atoms with Gasteiger partial charge in [-0.3, -0.25) is 13.8 Å². The van der Waals surface area contributed by atoms with Crippen molar-refractivity contribution in [2.24, 2.45) is 0 Å². The van der Waals surface area contributed by atoms with Crippen molar-refractivity contribution in [3.05, 3.63) is 134 Å². The fourth-order valence-electron chi connectivity index (χ4n) is 6.29. The van der Waals surface area contributed by atoms with Gasteiger partial charge in [-0.1, -0.05) is 186 Å². The van der Waals surface area contributed by atoms with Gasteiger partial charge in [-0.05, 0) is 109 Å². The molecule has 0 fully saturated rings. The Morgan fingerprint density at radius 1 is 0.463 bits per heavy atom. The number of ether oxygens (including phenoxy) is 2. The lowest BCUT2D eigenvalue weighted by molar-refractivity contribution is -0.870. The molecule has 0 bridgehead atoms. The van der Waals surface area contributed by atoms with Gasteiger partial charge in [0.25, 0.3) is 0 Å². The molecule has 0 aliphatic carbocycles. The van der Waals surface area contributed by atoms with Crippen molar-refractivity contribution in [3.8, 4) is 0 Å². The summed E-state index contributed by atoms with van der Waals surface area (Å²) in [5.74, 6) is -0.350. The molecule has 0 aromatic heterocycles. The molecular weight excluding hydrogens is 854 g/mol. The van der Waals surface area contributed by atoms with Crippen LogP contribution in [0.4, 0.5) is 0 Å². The van der Waals surface area contributed by atoms with E-state index >= 15 is 0 Å². The van der Waals surface area contributed by atoms with Gasteiger partial charge in [0.05, 0.1) is 34.4 Å². The first kappa shape index (κ1) is 63.6. The molecule has 2 unspecified atom stereocenters. The molecule has 0 saturated carbocycles. The third-order valence-corrected chi connectivity index (χ3v) is 11.2. The number of likely N-dealkylation sites (N-methyl/N-ethyl adjacent to an activating group) is 1. The number of hydrogen-bond acceptors (Lipinski definition) is 6. The fraction of sp³-hybridized carbons (Fsp3) is 0.603. The first-order chi connectivity index (χ1) is 32.6. The van der Waals surface area contributed by atoms with Crippen molar-refractivity contribution in [2.75, 3.05) is 54.1 Å². The molecule has 0 aromatic carbocycles. The number of rotatable bonds is 46. The highest BCUT2D eigenvalue weighted by Gasteiger charge is 2.26. The smallest absolute Gasteiger partial charge is 0.457 e. The van der Waals surface area contributed by atoms with Crippen LogP contribution in [0.5, 0.6) is 0 Å². The maximum Gasteiger partial charge on any atom is 0.472 e. The predicted molar refractivity (Wildman–Crippen MR) is 288 cm³/mol. The highest BCUT2D eigenvalue weighted by molar-refractivity contribution is 7.47. The average molecular weight is 951 g/mol. The van der Waals surface area contributed by atoms with Crippen LogP contribution in [0.25, 0.3) is 0 Å². The minimum atomic E-state index is -4.31. The lowest BCUT2D eigenvalue weighted by Gasteiger charge is -2.24. The van der Waals surface area contributed by atoms with E-state index in [0.29, 0.717) is 17.6 Å². The zero-order valence-corrected chi connectivity index (χ0v) is 44.0. The van der Waals surface area contributed by atoms with Gasteiger partial charge in [0.1, 0.15) is 19.3 Å². The average Bonchev–Trinajstić information content (AvgIpc) is 3.29. The maximum absolute atomic E-state index is 12.8. The Bertz CT molecular complexity index is 1520. The number of phosphoric ester groups is 1. The van der Waals surface area contributed by atoms with E-state index in [1.165, 1.54) is 19.3 Å². The molecular formula is C58H97NO7P+. The van der Waals surface area contributed by atoms with Gasteiger partial charge in [0, 0.05) is 13.0 Å². The van der Waals surface area contributed by atoms with Gasteiger partial charge in [-0.25, -0.2) is 4.57 Å². The Labute approximate surface area is 411 Å². The monoisotopic (exact) mass is 951 g/mol. The van der Waals surface area contributed by atoms with E-state index in [9.17, 15) is 14.3 Å². The zero-order chi connectivity index (χ0) is 49.0. The Kier molecular flexibility index (Phi) is 46.6. The molecule has 2 atom stereocenters. The number of quaternary nitrogens is 1. The first-order valence-corrected chi connectivity index (χ1v) is 27.4. The number of phosphoric acid groups is 1. The number of esters is 1. The van der Waals surface area contributed by atoms with Crippen LogP contribution in [0.15, 0.2) is 134 Å². The van der Waals surface area contributed by atoms with Gasteiger partial charge in [0.2, 0.25) is 0 Å². The summed E-state index contributed by atoms with van der Waals surface area (Å²) in [7, 11) is 1.61. The second-order valence-electron chi connectivity index (χ2n) is 17.8. The number of carbonyl (C=O) groups excluding carboxylic acids is 1. The molecule has 0 heterocycles. The van der Waals surface area contributed by atoms with Crippen molar-refractivity contribution in [3.63, 3.8) is 0 Å². The van der Waals surface area contributed by atoms with Gasteiger partial charge < -0.3 is 18.9 Å². The van der Waals surface area contributed by atoms with Crippen LogP contribution in [0, 0.1) is 0 Å².